The summed E-state index contributed by atoms with van der Waals surface area (Å²) in [6.45, 7) is 4.65. The van der Waals surface area contributed by atoms with Crippen LogP contribution < -0.4 is 21.3 Å². The zero-order valence-corrected chi connectivity index (χ0v) is 16.7. The first kappa shape index (κ1) is 19.8. The van der Waals surface area contributed by atoms with Crippen LogP contribution in [0.25, 0.3) is 0 Å². The standard InChI is InChI=1S/C21H33N5O2/c1-12(17-5-2-13(9-22)10-24-17)25-19(27)8-15-20(14-3-4-14)16-11-23-7-6-18(16)26-21(15)28/h12-14,16-19,23-25,27H,2-8,10-11H2,1H3,(H,26,28)/t12-,13?,16?,17?,18?,19?/m0/s1. The van der Waals surface area contributed by atoms with Gasteiger partial charge in [0.15, 0.2) is 0 Å². The first-order valence-electron chi connectivity index (χ1n) is 10.9. The lowest BCUT2D eigenvalue weighted by atomic mass is 9.77. The number of nitriles is 1. The Hall–Kier alpha value is -1.46. The molecular formula is C21H33N5O2. The zero-order valence-electron chi connectivity index (χ0n) is 16.7. The van der Waals surface area contributed by atoms with E-state index in [1.807, 2.05) is 0 Å². The molecule has 154 valence electrons. The lowest BCUT2D eigenvalue weighted by Gasteiger charge is -2.40. The fourth-order valence-electron chi connectivity index (χ4n) is 5.21. The van der Waals surface area contributed by atoms with Gasteiger partial charge in [0.25, 0.3) is 0 Å². The number of nitrogens with zero attached hydrogens (tertiary/aromatic N) is 1. The minimum Gasteiger partial charge on any atom is -0.378 e. The largest absolute Gasteiger partial charge is 0.378 e. The van der Waals surface area contributed by atoms with Gasteiger partial charge < -0.3 is 21.1 Å². The summed E-state index contributed by atoms with van der Waals surface area (Å²) in [7, 11) is 0. The second-order valence-corrected chi connectivity index (χ2v) is 8.98. The highest BCUT2D eigenvalue weighted by molar-refractivity contribution is 5.96. The molecule has 0 radical (unpaired) electrons. The van der Waals surface area contributed by atoms with Crippen molar-refractivity contribution in [2.45, 2.75) is 69.8 Å². The Morgan fingerprint density at radius 3 is 2.75 bits per heavy atom. The van der Waals surface area contributed by atoms with Crippen LogP contribution in [0.3, 0.4) is 0 Å². The SMILES string of the molecule is C[C@H](NC(O)CC1=C(C2CC2)C2CNCCC2NC1=O)C1CCC(C#N)CN1. The van der Waals surface area contributed by atoms with Crippen LogP contribution in [0.15, 0.2) is 11.1 Å². The summed E-state index contributed by atoms with van der Waals surface area (Å²) in [4.78, 5) is 12.8. The number of carbonyl (C=O) groups is 1. The van der Waals surface area contributed by atoms with Crippen LogP contribution >= 0.6 is 0 Å². The van der Waals surface area contributed by atoms with Crippen molar-refractivity contribution >= 4 is 5.91 Å². The van der Waals surface area contributed by atoms with Gasteiger partial charge in [0.2, 0.25) is 5.91 Å². The molecule has 4 rings (SSSR count). The van der Waals surface area contributed by atoms with Crippen molar-refractivity contribution in [2.24, 2.45) is 17.8 Å². The monoisotopic (exact) mass is 387 g/mol. The van der Waals surface area contributed by atoms with Crippen LogP contribution in [0.5, 0.6) is 0 Å². The Morgan fingerprint density at radius 1 is 1.25 bits per heavy atom. The summed E-state index contributed by atoms with van der Waals surface area (Å²) < 4.78 is 0. The molecule has 0 aromatic heterocycles. The number of aliphatic hydroxyl groups is 1. The first-order chi connectivity index (χ1) is 13.6. The Bertz CT molecular complexity index is 660. The maximum Gasteiger partial charge on any atom is 0.247 e. The van der Waals surface area contributed by atoms with E-state index in [-0.39, 0.29) is 30.0 Å². The molecule has 0 spiro atoms. The highest BCUT2D eigenvalue weighted by Crippen LogP contribution is 2.45. The Morgan fingerprint density at radius 2 is 2.07 bits per heavy atom. The lowest BCUT2D eigenvalue weighted by molar-refractivity contribution is -0.120. The van der Waals surface area contributed by atoms with Crippen LogP contribution in [0.1, 0.15) is 45.4 Å². The highest BCUT2D eigenvalue weighted by Gasteiger charge is 2.43. The topological polar surface area (TPSA) is 109 Å². The number of hydrogen-bond donors (Lipinski definition) is 5. The van der Waals surface area contributed by atoms with Crippen LogP contribution in [0.4, 0.5) is 0 Å². The number of carbonyl (C=O) groups excluding carboxylic acids is 1. The number of fused-ring (bicyclic) bond motifs is 1. The van der Waals surface area contributed by atoms with Crippen LogP contribution in [-0.4, -0.2) is 55.0 Å². The molecule has 0 aromatic carbocycles. The van der Waals surface area contributed by atoms with Crippen LogP contribution in [-0.2, 0) is 4.79 Å². The van der Waals surface area contributed by atoms with Crippen molar-refractivity contribution in [1.82, 2.24) is 21.3 Å². The van der Waals surface area contributed by atoms with E-state index in [9.17, 15) is 9.90 Å². The molecule has 5 unspecified atom stereocenters. The number of aliphatic hydroxyl groups excluding tert-OH is 1. The fraction of sp³-hybridized carbons (Fsp3) is 0.810. The summed E-state index contributed by atoms with van der Waals surface area (Å²) in [6, 6.07) is 2.88. The van der Waals surface area contributed by atoms with Crippen molar-refractivity contribution in [3.63, 3.8) is 0 Å². The second-order valence-electron chi connectivity index (χ2n) is 8.98. The molecule has 3 fully saturated rings. The van der Waals surface area contributed by atoms with Crippen molar-refractivity contribution in [3.8, 4) is 6.07 Å². The van der Waals surface area contributed by atoms with Crippen molar-refractivity contribution in [3.05, 3.63) is 11.1 Å². The van der Waals surface area contributed by atoms with Gasteiger partial charge in [0, 0.05) is 49.1 Å². The molecule has 7 heteroatoms. The fourth-order valence-corrected chi connectivity index (χ4v) is 5.21. The molecule has 0 aromatic rings. The third-order valence-corrected chi connectivity index (χ3v) is 6.93. The molecule has 6 atom stereocenters. The molecule has 1 amide bonds. The van der Waals surface area contributed by atoms with Gasteiger partial charge in [-0.15, -0.1) is 0 Å². The predicted molar refractivity (Wildman–Crippen MR) is 106 cm³/mol. The average Bonchev–Trinajstić information content (AvgIpc) is 3.53. The van der Waals surface area contributed by atoms with Gasteiger partial charge in [0.1, 0.15) is 6.23 Å². The van der Waals surface area contributed by atoms with Gasteiger partial charge in [-0.2, -0.15) is 5.26 Å². The maximum atomic E-state index is 12.8. The smallest absolute Gasteiger partial charge is 0.247 e. The molecular weight excluding hydrogens is 354 g/mol. The molecule has 0 bridgehead atoms. The summed E-state index contributed by atoms with van der Waals surface area (Å²) in [5.41, 5.74) is 2.11. The minimum atomic E-state index is -0.743. The van der Waals surface area contributed by atoms with Gasteiger partial charge in [-0.05, 0) is 51.5 Å². The minimum absolute atomic E-state index is 0.0196. The molecule has 3 aliphatic heterocycles. The van der Waals surface area contributed by atoms with Gasteiger partial charge >= 0.3 is 0 Å². The van der Waals surface area contributed by atoms with E-state index in [1.165, 1.54) is 18.4 Å². The van der Waals surface area contributed by atoms with E-state index < -0.39 is 6.23 Å². The maximum absolute atomic E-state index is 12.8. The number of piperidine rings is 2. The summed E-state index contributed by atoms with van der Waals surface area (Å²) in [6.07, 6.45) is 4.75. The molecule has 28 heavy (non-hydrogen) atoms. The number of hydrogen-bond acceptors (Lipinski definition) is 6. The van der Waals surface area contributed by atoms with Gasteiger partial charge in [-0.25, -0.2) is 0 Å². The summed E-state index contributed by atoms with van der Waals surface area (Å²) >= 11 is 0. The van der Waals surface area contributed by atoms with E-state index in [1.54, 1.807) is 0 Å². The number of nitrogens with one attached hydrogen (secondary N) is 4. The molecule has 3 heterocycles. The number of amides is 1. The molecule has 2 saturated heterocycles. The lowest BCUT2D eigenvalue weighted by Crippen LogP contribution is -2.55. The molecule has 1 saturated carbocycles. The van der Waals surface area contributed by atoms with Crippen molar-refractivity contribution in [2.75, 3.05) is 19.6 Å². The molecule has 5 N–H and O–H groups in total. The molecule has 7 nitrogen and oxygen atoms in total. The van der Waals surface area contributed by atoms with E-state index in [2.05, 4.69) is 34.3 Å². The first-order valence-corrected chi connectivity index (χ1v) is 10.9. The van der Waals surface area contributed by atoms with Crippen molar-refractivity contribution < 1.29 is 9.90 Å². The van der Waals surface area contributed by atoms with Gasteiger partial charge in [-0.1, -0.05) is 5.57 Å². The van der Waals surface area contributed by atoms with E-state index in [0.29, 0.717) is 24.8 Å². The number of rotatable bonds is 6. The Kier molecular flexibility index (Phi) is 6.02. The molecule has 1 aliphatic carbocycles. The van der Waals surface area contributed by atoms with Crippen molar-refractivity contribution in [1.29, 1.82) is 5.26 Å². The van der Waals surface area contributed by atoms with E-state index >= 15 is 0 Å². The third kappa shape index (κ3) is 4.25. The third-order valence-electron chi connectivity index (χ3n) is 6.93. The normalized spacial score (nSPS) is 35.5. The second kappa shape index (κ2) is 8.50. The quantitative estimate of drug-likeness (QED) is 0.422. The predicted octanol–water partition coefficient (Wildman–Crippen LogP) is 0.379. The van der Waals surface area contributed by atoms with E-state index in [0.717, 1.165) is 37.9 Å². The van der Waals surface area contributed by atoms with Gasteiger partial charge in [-0.3, -0.25) is 10.1 Å². The van der Waals surface area contributed by atoms with Crippen LogP contribution in [0, 0.1) is 29.1 Å². The zero-order chi connectivity index (χ0) is 19.7. The van der Waals surface area contributed by atoms with Crippen LogP contribution in [0.2, 0.25) is 0 Å². The average molecular weight is 388 g/mol. The Balaban J connectivity index is 1.40. The Labute approximate surface area is 167 Å². The highest BCUT2D eigenvalue weighted by atomic mass is 16.3. The summed E-state index contributed by atoms with van der Waals surface area (Å²) in [5, 5.41) is 33.1. The molecule has 4 aliphatic rings. The van der Waals surface area contributed by atoms with Gasteiger partial charge in [0.05, 0.1) is 12.0 Å². The van der Waals surface area contributed by atoms with E-state index in [4.69, 9.17) is 5.26 Å². The summed E-state index contributed by atoms with van der Waals surface area (Å²) in [5.74, 6) is 1.01.